The van der Waals surface area contributed by atoms with Gasteiger partial charge in [0.15, 0.2) is 0 Å². The average molecular weight is 579 g/mol. The fourth-order valence-electron chi connectivity index (χ4n) is 6.28. The predicted molar refractivity (Wildman–Crippen MR) is 165 cm³/mol. The number of hydrogen-bond acceptors (Lipinski definition) is 8. The Bertz CT molecular complexity index is 1350. The summed E-state index contributed by atoms with van der Waals surface area (Å²) < 4.78 is 7.31. The molecule has 11 heteroatoms. The molecule has 0 unspecified atom stereocenters. The lowest BCUT2D eigenvalue weighted by Gasteiger charge is -2.39. The van der Waals surface area contributed by atoms with Crippen LogP contribution in [0.4, 0.5) is 16.6 Å². The molecule has 3 aromatic rings. The minimum atomic E-state index is -0.220. The summed E-state index contributed by atoms with van der Waals surface area (Å²) in [6.07, 6.45) is 6.99. The molecule has 2 aliphatic rings. The quantitative estimate of drug-likeness (QED) is 0.388. The largest absolute Gasteiger partial charge is 0.393 e. The first kappa shape index (κ1) is 30.0. The highest BCUT2D eigenvalue weighted by Gasteiger charge is 2.28. The summed E-state index contributed by atoms with van der Waals surface area (Å²) in [5.41, 5.74) is 4.22. The maximum Gasteiger partial charge on any atom is 0.320 e. The zero-order chi connectivity index (χ0) is 29.8. The lowest BCUT2D eigenvalue weighted by atomic mass is 9.85. The third-order valence-electron chi connectivity index (χ3n) is 8.59. The third kappa shape index (κ3) is 6.47. The van der Waals surface area contributed by atoms with Gasteiger partial charge < -0.3 is 29.9 Å². The van der Waals surface area contributed by atoms with E-state index in [2.05, 4.69) is 41.2 Å². The van der Waals surface area contributed by atoms with E-state index in [0.29, 0.717) is 38.1 Å². The number of aliphatic hydroxyl groups is 1. The van der Waals surface area contributed by atoms with Crippen LogP contribution in [0.3, 0.4) is 0 Å². The summed E-state index contributed by atoms with van der Waals surface area (Å²) in [5, 5.41) is 18.4. The van der Waals surface area contributed by atoms with Gasteiger partial charge >= 0.3 is 6.03 Å². The first-order chi connectivity index (χ1) is 20.3. The molecule has 0 radical (unpaired) electrons. The minimum Gasteiger partial charge on any atom is -0.393 e. The maximum atomic E-state index is 13.0. The highest BCUT2D eigenvalue weighted by molar-refractivity contribution is 5.82. The number of aromatic nitrogens is 4. The molecule has 3 aromatic heterocycles. The van der Waals surface area contributed by atoms with Gasteiger partial charge in [-0.15, -0.1) is 5.10 Å². The number of anilines is 2. The van der Waals surface area contributed by atoms with Gasteiger partial charge in [0.1, 0.15) is 5.82 Å². The molecule has 2 fully saturated rings. The highest BCUT2D eigenvalue weighted by Crippen LogP contribution is 2.38. The van der Waals surface area contributed by atoms with E-state index in [0.717, 1.165) is 66.9 Å². The van der Waals surface area contributed by atoms with Crippen molar-refractivity contribution in [3.05, 3.63) is 36.3 Å². The van der Waals surface area contributed by atoms with Crippen LogP contribution in [0.5, 0.6) is 0 Å². The molecule has 1 aliphatic heterocycles. The van der Waals surface area contributed by atoms with Gasteiger partial charge in [-0.2, -0.15) is 0 Å². The van der Waals surface area contributed by atoms with Gasteiger partial charge in [-0.3, -0.25) is 0 Å². The van der Waals surface area contributed by atoms with E-state index in [1.54, 1.807) is 7.11 Å². The second kappa shape index (κ2) is 13.2. The van der Waals surface area contributed by atoms with E-state index < -0.39 is 0 Å². The smallest absolute Gasteiger partial charge is 0.320 e. The number of piperazine rings is 1. The van der Waals surface area contributed by atoms with Gasteiger partial charge in [0, 0.05) is 75.3 Å². The Morgan fingerprint density at radius 2 is 1.86 bits per heavy atom. The zero-order valence-corrected chi connectivity index (χ0v) is 25.7. The standard InChI is InChI=1S/C31H46N8O3/c1-6-38(21(2)3)31(41)37-15-13-36(14-16-37)29-17-24(11-12-32-29)26-18-27(23-7-9-25(40)10-8-23)39-28(26)19-33-30(35-39)34-22(4)20-42-5/h11-12,17-19,21-23,25,40H,6-10,13-16,20H2,1-5H3,(H,34,35)/t22-,23-,25-/m0/s1. The van der Waals surface area contributed by atoms with E-state index in [-0.39, 0.29) is 24.2 Å². The lowest BCUT2D eigenvalue weighted by molar-refractivity contribution is 0.121. The van der Waals surface area contributed by atoms with E-state index in [4.69, 9.17) is 14.8 Å². The van der Waals surface area contributed by atoms with Crippen LogP contribution in [0.15, 0.2) is 30.6 Å². The fourth-order valence-corrected chi connectivity index (χ4v) is 6.28. The Kier molecular flexibility index (Phi) is 9.47. The number of nitrogens with one attached hydrogen (secondary N) is 1. The molecule has 0 bridgehead atoms. The van der Waals surface area contributed by atoms with Crippen LogP contribution < -0.4 is 10.2 Å². The Balaban J connectivity index is 1.41. The molecule has 2 amide bonds. The SMILES string of the molecule is CCN(C(=O)N1CCN(c2cc(-c3cc([C@H]4CC[C@H](O)CC4)n4nc(N[C@@H](C)COC)ncc34)ccn2)CC1)C(C)C. The highest BCUT2D eigenvalue weighted by atomic mass is 16.5. The first-order valence-electron chi connectivity index (χ1n) is 15.4. The third-order valence-corrected chi connectivity index (χ3v) is 8.59. The Labute approximate surface area is 248 Å². The van der Waals surface area contributed by atoms with Gasteiger partial charge in [-0.1, -0.05) is 0 Å². The molecule has 1 aliphatic carbocycles. The topological polar surface area (TPSA) is 111 Å². The molecule has 4 heterocycles. The van der Waals surface area contributed by atoms with E-state index >= 15 is 0 Å². The van der Waals surface area contributed by atoms with Crippen molar-refractivity contribution in [1.82, 2.24) is 29.4 Å². The number of fused-ring (bicyclic) bond motifs is 1. The van der Waals surface area contributed by atoms with Crippen LogP contribution >= 0.6 is 0 Å². The molecule has 1 saturated carbocycles. The normalized spacial score (nSPS) is 20.3. The summed E-state index contributed by atoms with van der Waals surface area (Å²) in [6, 6.07) is 6.80. The number of pyridine rings is 1. The van der Waals surface area contributed by atoms with Gasteiger partial charge in [0.2, 0.25) is 5.95 Å². The molecular weight excluding hydrogens is 532 g/mol. The van der Waals surface area contributed by atoms with Crippen molar-refractivity contribution < 1.29 is 14.6 Å². The molecule has 42 heavy (non-hydrogen) atoms. The number of carbonyl (C=O) groups is 1. The van der Waals surface area contributed by atoms with Crippen molar-refractivity contribution in [1.29, 1.82) is 0 Å². The molecule has 1 atom stereocenters. The Morgan fingerprint density at radius 1 is 1.12 bits per heavy atom. The molecule has 2 N–H and O–H groups in total. The van der Waals surface area contributed by atoms with Gasteiger partial charge in [-0.25, -0.2) is 19.3 Å². The Hall–Kier alpha value is -3.44. The molecule has 5 rings (SSSR count). The second-order valence-electron chi connectivity index (χ2n) is 11.9. The summed E-state index contributed by atoms with van der Waals surface area (Å²) >= 11 is 0. The molecule has 0 spiro atoms. The second-order valence-corrected chi connectivity index (χ2v) is 11.9. The van der Waals surface area contributed by atoms with Crippen molar-refractivity contribution >= 4 is 23.3 Å². The number of carbonyl (C=O) groups excluding carboxylic acids is 1. The number of hydrogen-bond donors (Lipinski definition) is 2. The molecule has 11 nitrogen and oxygen atoms in total. The van der Waals surface area contributed by atoms with Crippen LogP contribution in [0, 0.1) is 0 Å². The van der Waals surface area contributed by atoms with Crippen LogP contribution in [-0.4, -0.2) is 105 Å². The first-order valence-corrected chi connectivity index (χ1v) is 15.4. The number of aliphatic hydroxyl groups excluding tert-OH is 1. The molecular formula is C31H46N8O3. The van der Waals surface area contributed by atoms with Crippen molar-refractivity contribution in [3.8, 4) is 11.1 Å². The average Bonchev–Trinajstić information content (AvgIpc) is 3.37. The number of amides is 2. The number of methoxy groups -OCH3 is 1. The van der Waals surface area contributed by atoms with Crippen LogP contribution in [-0.2, 0) is 4.74 Å². The minimum absolute atomic E-state index is 0.0738. The monoisotopic (exact) mass is 578 g/mol. The van der Waals surface area contributed by atoms with E-state index in [1.807, 2.05) is 46.6 Å². The van der Waals surface area contributed by atoms with Crippen LogP contribution in [0.25, 0.3) is 16.6 Å². The van der Waals surface area contributed by atoms with Crippen LogP contribution in [0.1, 0.15) is 65.0 Å². The number of urea groups is 1. The predicted octanol–water partition coefficient (Wildman–Crippen LogP) is 4.23. The van der Waals surface area contributed by atoms with Gasteiger partial charge in [0.05, 0.1) is 24.4 Å². The van der Waals surface area contributed by atoms with Gasteiger partial charge in [-0.05, 0) is 77.1 Å². The number of rotatable bonds is 9. The molecule has 1 saturated heterocycles. The van der Waals surface area contributed by atoms with Crippen molar-refractivity contribution in [2.75, 3.05) is 56.7 Å². The van der Waals surface area contributed by atoms with Crippen molar-refractivity contribution in [2.24, 2.45) is 0 Å². The van der Waals surface area contributed by atoms with E-state index in [9.17, 15) is 9.90 Å². The fraction of sp³-hybridized carbons (Fsp3) is 0.613. The molecule has 0 aromatic carbocycles. The number of ether oxygens (including phenoxy) is 1. The van der Waals surface area contributed by atoms with Gasteiger partial charge in [0.25, 0.3) is 0 Å². The maximum absolute atomic E-state index is 13.0. The van der Waals surface area contributed by atoms with Crippen molar-refractivity contribution in [2.45, 2.75) is 77.5 Å². The summed E-state index contributed by atoms with van der Waals surface area (Å²) in [5.74, 6) is 1.78. The summed E-state index contributed by atoms with van der Waals surface area (Å²) in [4.78, 5) is 28.5. The summed E-state index contributed by atoms with van der Waals surface area (Å²) in [7, 11) is 1.69. The van der Waals surface area contributed by atoms with Crippen molar-refractivity contribution in [3.63, 3.8) is 0 Å². The molecule has 228 valence electrons. The zero-order valence-electron chi connectivity index (χ0n) is 25.7. The lowest BCUT2D eigenvalue weighted by Crippen LogP contribution is -2.54. The van der Waals surface area contributed by atoms with E-state index in [1.165, 1.54) is 0 Å². The Morgan fingerprint density at radius 3 is 2.52 bits per heavy atom. The number of nitrogens with zero attached hydrogens (tertiary/aromatic N) is 7. The van der Waals surface area contributed by atoms with Crippen LogP contribution in [0.2, 0.25) is 0 Å². The summed E-state index contributed by atoms with van der Waals surface area (Å²) in [6.45, 7) is 12.3.